The van der Waals surface area contributed by atoms with Gasteiger partial charge in [0, 0.05) is 5.39 Å². The Balaban J connectivity index is 1.45. The van der Waals surface area contributed by atoms with Crippen molar-refractivity contribution in [1.82, 2.24) is 4.98 Å². The van der Waals surface area contributed by atoms with Crippen molar-refractivity contribution in [3.63, 3.8) is 0 Å². The number of aliphatic hydroxyl groups excluding tert-OH is 1. The highest BCUT2D eigenvalue weighted by atomic mass is 32.1. The molecule has 3 aromatic carbocycles. The van der Waals surface area contributed by atoms with Crippen LogP contribution in [0.25, 0.3) is 21.2 Å². The van der Waals surface area contributed by atoms with Gasteiger partial charge in [-0.3, -0.25) is 14.5 Å². The van der Waals surface area contributed by atoms with E-state index in [9.17, 15) is 14.7 Å². The molecule has 1 aliphatic heterocycles. The van der Waals surface area contributed by atoms with E-state index in [1.54, 1.807) is 42.5 Å². The molecule has 44 heavy (non-hydrogen) atoms. The number of ether oxygens (including phenoxy) is 3. The Morgan fingerprint density at radius 3 is 2.64 bits per heavy atom. The first-order valence-corrected chi connectivity index (χ1v) is 15.2. The third-order valence-corrected chi connectivity index (χ3v) is 8.43. The summed E-state index contributed by atoms with van der Waals surface area (Å²) in [5, 5.41) is 12.3. The highest BCUT2D eigenvalue weighted by Gasteiger charge is 2.46. The maximum atomic E-state index is 14.2. The van der Waals surface area contributed by atoms with Gasteiger partial charge in [0.05, 0.1) is 42.2 Å². The largest absolute Gasteiger partial charge is 0.503 e. The predicted molar refractivity (Wildman–Crippen MR) is 169 cm³/mol. The number of thiazole rings is 1. The van der Waals surface area contributed by atoms with E-state index < -0.39 is 23.5 Å². The molecular formula is C34H32N2O7S. The van der Waals surface area contributed by atoms with Crippen LogP contribution in [0.4, 0.5) is 5.13 Å². The number of amides is 1. The van der Waals surface area contributed by atoms with E-state index >= 15 is 0 Å². The molecule has 0 saturated heterocycles. The summed E-state index contributed by atoms with van der Waals surface area (Å²) in [6.45, 7) is 7.17. The lowest BCUT2D eigenvalue weighted by molar-refractivity contribution is -0.117. The molecule has 1 aliphatic rings. The average Bonchev–Trinajstić information content (AvgIpc) is 3.71. The molecule has 0 radical (unpaired) electrons. The number of hydrogen-bond acceptors (Lipinski definition) is 9. The molecular weight excluding hydrogens is 580 g/mol. The number of ketones is 1. The lowest BCUT2D eigenvalue weighted by Crippen LogP contribution is -2.31. The summed E-state index contributed by atoms with van der Waals surface area (Å²) < 4.78 is 23.8. The summed E-state index contributed by atoms with van der Waals surface area (Å²) in [5.41, 5.74) is 1.53. The van der Waals surface area contributed by atoms with Crippen LogP contribution in [0, 0.1) is 5.92 Å². The van der Waals surface area contributed by atoms with E-state index in [0.717, 1.165) is 11.1 Å². The van der Waals surface area contributed by atoms with Gasteiger partial charge in [-0.2, -0.15) is 0 Å². The second kappa shape index (κ2) is 12.0. The lowest BCUT2D eigenvalue weighted by Gasteiger charge is -2.24. The van der Waals surface area contributed by atoms with Crippen LogP contribution >= 0.6 is 11.3 Å². The first-order valence-electron chi connectivity index (χ1n) is 14.4. The quantitative estimate of drug-likeness (QED) is 0.151. The summed E-state index contributed by atoms with van der Waals surface area (Å²) in [4.78, 5) is 34.1. The van der Waals surface area contributed by atoms with Crippen molar-refractivity contribution in [3.8, 4) is 17.2 Å². The van der Waals surface area contributed by atoms with Crippen LogP contribution < -0.4 is 19.1 Å². The van der Waals surface area contributed by atoms with E-state index in [1.165, 1.54) is 23.3 Å². The minimum atomic E-state index is -0.995. The highest BCUT2D eigenvalue weighted by molar-refractivity contribution is 7.22. The van der Waals surface area contributed by atoms with Gasteiger partial charge in [-0.15, -0.1) is 0 Å². The molecule has 5 aromatic rings. The number of methoxy groups -OCH3 is 1. The van der Waals surface area contributed by atoms with Gasteiger partial charge in [0.15, 0.2) is 28.0 Å². The summed E-state index contributed by atoms with van der Waals surface area (Å²) in [6.07, 6.45) is 0.869. The zero-order valence-corrected chi connectivity index (χ0v) is 25.6. The predicted octanol–water partition coefficient (Wildman–Crippen LogP) is 7.66. The smallest absolute Gasteiger partial charge is 0.296 e. The van der Waals surface area contributed by atoms with Crippen molar-refractivity contribution in [1.29, 1.82) is 0 Å². The van der Waals surface area contributed by atoms with Crippen LogP contribution in [0.1, 0.15) is 49.4 Å². The summed E-state index contributed by atoms with van der Waals surface area (Å²) in [7, 11) is 1.52. The van der Waals surface area contributed by atoms with Crippen molar-refractivity contribution >= 4 is 49.3 Å². The van der Waals surface area contributed by atoms with Crippen LogP contribution in [0.2, 0.25) is 0 Å². The molecule has 1 unspecified atom stereocenters. The van der Waals surface area contributed by atoms with Gasteiger partial charge in [0.2, 0.25) is 5.78 Å². The number of Topliss-reactive ketones (excluding diaryl/α,β-unsaturated/α-hetero) is 1. The molecule has 2 aromatic heterocycles. The maximum Gasteiger partial charge on any atom is 0.296 e. The molecule has 1 atom stereocenters. The molecule has 6 rings (SSSR count). The van der Waals surface area contributed by atoms with E-state index in [-0.39, 0.29) is 11.3 Å². The van der Waals surface area contributed by atoms with Crippen LogP contribution in [-0.2, 0) is 4.79 Å². The molecule has 1 amide bonds. The van der Waals surface area contributed by atoms with Crippen molar-refractivity contribution in [3.05, 3.63) is 89.4 Å². The summed E-state index contributed by atoms with van der Waals surface area (Å²) in [6, 6.07) is 18.6. The number of aliphatic hydroxyl groups is 1. The van der Waals surface area contributed by atoms with Gasteiger partial charge < -0.3 is 23.7 Å². The zero-order chi connectivity index (χ0) is 31.0. The van der Waals surface area contributed by atoms with Crippen LogP contribution in [0.5, 0.6) is 17.2 Å². The third-order valence-electron chi connectivity index (χ3n) is 7.41. The topological polar surface area (TPSA) is 111 Å². The van der Waals surface area contributed by atoms with E-state index in [1.807, 2.05) is 31.2 Å². The Labute approximate surface area is 258 Å². The fraction of sp³-hybridized carbons (Fsp3) is 0.265. The van der Waals surface area contributed by atoms with Gasteiger partial charge in [-0.25, -0.2) is 4.98 Å². The van der Waals surface area contributed by atoms with Gasteiger partial charge in [-0.05, 0) is 67.3 Å². The van der Waals surface area contributed by atoms with E-state index in [2.05, 4.69) is 13.8 Å². The molecule has 0 spiro atoms. The number of carbonyl (C=O) groups is 2. The van der Waals surface area contributed by atoms with E-state index in [4.69, 9.17) is 23.6 Å². The van der Waals surface area contributed by atoms with E-state index in [0.29, 0.717) is 63.6 Å². The van der Waals surface area contributed by atoms with Gasteiger partial charge in [-0.1, -0.05) is 49.4 Å². The number of carbonyl (C=O) groups excluding carboxylic acids is 2. The molecule has 3 heterocycles. The van der Waals surface area contributed by atoms with Crippen LogP contribution in [-0.4, -0.2) is 42.1 Å². The molecule has 0 aliphatic carbocycles. The summed E-state index contributed by atoms with van der Waals surface area (Å²) >= 11 is 1.27. The molecule has 0 fully saturated rings. The fourth-order valence-corrected chi connectivity index (χ4v) is 6.25. The zero-order valence-electron chi connectivity index (χ0n) is 24.8. The Bertz CT molecular complexity index is 1900. The molecule has 9 nitrogen and oxygen atoms in total. The maximum absolute atomic E-state index is 14.2. The van der Waals surface area contributed by atoms with Gasteiger partial charge >= 0.3 is 0 Å². The molecule has 0 bridgehead atoms. The average molecular weight is 613 g/mol. The number of anilines is 1. The normalized spacial score (nSPS) is 15.2. The minimum Gasteiger partial charge on any atom is -0.503 e. The molecule has 10 heteroatoms. The standard InChI is InChI=1S/C34H32N2O7S/c1-5-41-23-12-13-24-27(18-23)44-34(35-24)36-29(20-8-6-10-22(16-20)42-15-14-19(2)3)28(31(38)33(36)39)30(37)26-17-21-9-7-11-25(40-4)32(21)43-26/h6-13,16-19,29,38H,5,14-15H2,1-4H3. The number of nitrogens with zero attached hydrogens (tertiary/aromatic N) is 2. The second-order valence-electron chi connectivity index (χ2n) is 10.8. The number of rotatable bonds is 11. The van der Waals surface area contributed by atoms with Gasteiger partial charge in [0.25, 0.3) is 5.91 Å². The van der Waals surface area contributed by atoms with Gasteiger partial charge in [0.1, 0.15) is 11.5 Å². The third kappa shape index (κ3) is 5.37. The number of aromatic nitrogens is 1. The number of fused-ring (bicyclic) bond motifs is 2. The lowest BCUT2D eigenvalue weighted by atomic mass is 9.95. The molecule has 0 saturated carbocycles. The Morgan fingerprint density at radius 1 is 1.07 bits per heavy atom. The number of para-hydroxylation sites is 1. The second-order valence-corrected chi connectivity index (χ2v) is 11.8. The van der Waals surface area contributed by atoms with Crippen molar-refractivity contribution in [2.45, 2.75) is 33.2 Å². The SMILES string of the molecule is CCOc1ccc2nc(N3C(=O)C(O)=C(C(=O)c4cc5cccc(OC)c5o4)C3c3cccc(OCCC(C)C)c3)sc2c1. The first-order chi connectivity index (χ1) is 21.3. The Kier molecular flexibility index (Phi) is 8.01. The van der Waals surface area contributed by atoms with Crippen molar-refractivity contribution < 1.29 is 33.3 Å². The number of benzene rings is 3. The van der Waals surface area contributed by atoms with Crippen molar-refractivity contribution in [2.24, 2.45) is 5.92 Å². The first kappa shape index (κ1) is 29.3. The van der Waals surface area contributed by atoms with Crippen LogP contribution in [0.3, 0.4) is 0 Å². The van der Waals surface area contributed by atoms with Crippen molar-refractivity contribution in [2.75, 3.05) is 25.2 Å². The number of hydrogen-bond donors (Lipinski definition) is 1. The van der Waals surface area contributed by atoms with Crippen LogP contribution in [0.15, 0.2) is 82.5 Å². The monoisotopic (exact) mass is 612 g/mol. The Morgan fingerprint density at radius 2 is 1.86 bits per heavy atom. The fourth-order valence-electron chi connectivity index (χ4n) is 5.23. The molecule has 226 valence electrons. The highest BCUT2D eigenvalue weighted by Crippen LogP contribution is 2.45. The number of furan rings is 1. The molecule has 1 N–H and O–H groups in total. The summed E-state index contributed by atoms with van der Waals surface area (Å²) in [5.74, 6) is 0.168. The Hall–Kier alpha value is -4.83. The minimum absolute atomic E-state index is 0.0271.